The van der Waals surface area contributed by atoms with E-state index in [4.69, 9.17) is 39.6 Å². The van der Waals surface area contributed by atoms with Crippen LogP contribution in [0.15, 0.2) is 54.2 Å². The van der Waals surface area contributed by atoms with Gasteiger partial charge in [0, 0.05) is 28.6 Å². The van der Waals surface area contributed by atoms with Crippen molar-refractivity contribution in [2.24, 2.45) is 22.7 Å². The highest BCUT2D eigenvalue weighted by atomic mass is 35.5. The van der Waals surface area contributed by atoms with E-state index in [0.717, 1.165) is 11.3 Å². The molecule has 164 valence electrons. The van der Waals surface area contributed by atoms with Crippen molar-refractivity contribution in [3.05, 3.63) is 70.2 Å². The highest BCUT2D eigenvalue weighted by Gasteiger charge is 2.14. The quantitative estimate of drug-likeness (QED) is 0.229. The summed E-state index contributed by atoms with van der Waals surface area (Å²) in [5.41, 5.74) is 2.55. The van der Waals surface area contributed by atoms with Gasteiger partial charge in [-0.2, -0.15) is 10.2 Å². The van der Waals surface area contributed by atoms with Crippen LogP contribution >= 0.6 is 23.2 Å². The maximum Gasteiger partial charge on any atom is 0.169 e. The minimum Gasteiger partial charge on any atom is -0.493 e. The van der Waals surface area contributed by atoms with Crippen molar-refractivity contribution in [1.29, 1.82) is 0 Å². The lowest BCUT2D eigenvalue weighted by molar-refractivity contribution is 0.321. The van der Waals surface area contributed by atoms with Crippen LogP contribution in [0.2, 0.25) is 10.0 Å². The summed E-state index contributed by atoms with van der Waals surface area (Å²) in [7, 11) is 0. The van der Waals surface area contributed by atoms with Gasteiger partial charge < -0.3 is 10.6 Å². The molecule has 0 amide bonds. The van der Waals surface area contributed by atoms with Crippen LogP contribution in [0.4, 0.5) is 0 Å². The first kappa shape index (κ1) is 22.9. The molecule has 4 N–H and O–H groups in total. The third kappa shape index (κ3) is 6.10. The Labute approximate surface area is 191 Å². The lowest BCUT2D eigenvalue weighted by Gasteiger charge is -2.22. The molecule has 0 aliphatic heterocycles. The van der Waals surface area contributed by atoms with Crippen LogP contribution in [0.3, 0.4) is 0 Å². The third-order valence-electron chi connectivity index (χ3n) is 4.43. The SMILES string of the molecule is CC(C)CN(N)/C(=N\N)c1cc(Cl)cc(OCCc2cc(Cl)ccc2-n2cncn2)c1. The number of hydrazine groups is 1. The van der Waals surface area contributed by atoms with Gasteiger partial charge in [-0.1, -0.05) is 37.0 Å². The molecule has 8 nitrogen and oxygen atoms in total. The van der Waals surface area contributed by atoms with Gasteiger partial charge in [-0.05, 0) is 47.9 Å². The number of nitrogens with zero attached hydrogens (tertiary/aromatic N) is 5. The molecule has 10 heteroatoms. The zero-order valence-corrected chi connectivity index (χ0v) is 18.9. The maximum absolute atomic E-state index is 6.30. The molecular weight excluding hydrogens is 437 g/mol. The molecule has 0 aliphatic rings. The Hall–Kier alpha value is -2.81. The van der Waals surface area contributed by atoms with Gasteiger partial charge in [-0.25, -0.2) is 15.5 Å². The molecule has 3 rings (SSSR count). The molecule has 0 saturated heterocycles. The average Bonchev–Trinajstić information content (AvgIpc) is 3.22. The lowest BCUT2D eigenvalue weighted by Crippen LogP contribution is -2.41. The maximum atomic E-state index is 6.30. The van der Waals surface area contributed by atoms with Gasteiger partial charge in [0.05, 0.1) is 12.3 Å². The highest BCUT2D eigenvalue weighted by molar-refractivity contribution is 6.31. The monoisotopic (exact) mass is 461 g/mol. The number of halogens is 2. The molecule has 0 aliphatic carbocycles. The smallest absolute Gasteiger partial charge is 0.169 e. The number of rotatable bonds is 8. The van der Waals surface area contributed by atoms with Gasteiger partial charge in [0.1, 0.15) is 18.4 Å². The van der Waals surface area contributed by atoms with E-state index in [1.165, 1.54) is 11.3 Å². The van der Waals surface area contributed by atoms with Crippen molar-refractivity contribution < 1.29 is 4.74 Å². The van der Waals surface area contributed by atoms with Gasteiger partial charge >= 0.3 is 0 Å². The van der Waals surface area contributed by atoms with Crippen molar-refractivity contribution in [3.8, 4) is 11.4 Å². The Morgan fingerprint density at radius 2 is 2.00 bits per heavy atom. The van der Waals surface area contributed by atoms with E-state index in [9.17, 15) is 0 Å². The number of aromatic nitrogens is 3. The summed E-state index contributed by atoms with van der Waals surface area (Å²) in [6.07, 6.45) is 3.73. The second kappa shape index (κ2) is 10.5. The number of benzene rings is 2. The van der Waals surface area contributed by atoms with E-state index >= 15 is 0 Å². The minimum atomic E-state index is 0.341. The van der Waals surface area contributed by atoms with Crippen LogP contribution in [-0.2, 0) is 6.42 Å². The van der Waals surface area contributed by atoms with E-state index in [-0.39, 0.29) is 0 Å². The lowest BCUT2D eigenvalue weighted by atomic mass is 10.1. The van der Waals surface area contributed by atoms with Crippen LogP contribution in [0.5, 0.6) is 5.75 Å². The summed E-state index contributed by atoms with van der Waals surface area (Å²) in [4.78, 5) is 4.00. The zero-order chi connectivity index (χ0) is 22.4. The molecule has 3 aromatic rings. The van der Waals surface area contributed by atoms with Gasteiger partial charge in [-0.15, -0.1) is 0 Å². The summed E-state index contributed by atoms with van der Waals surface area (Å²) in [5, 5.41) is 10.7. The molecule has 0 atom stereocenters. The molecule has 0 fully saturated rings. The van der Waals surface area contributed by atoms with Crippen molar-refractivity contribution in [2.45, 2.75) is 20.3 Å². The zero-order valence-electron chi connectivity index (χ0n) is 17.4. The fourth-order valence-electron chi connectivity index (χ4n) is 3.16. The van der Waals surface area contributed by atoms with Crippen LogP contribution in [0, 0.1) is 5.92 Å². The largest absolute Gasteiger partial charge is 0.493 e. The van der Waals surface area contributed by atoms with Gasteiger partial charge in [0.2, 0.25) is 0 Å². The van der Waals surface area contributed by atoms with Crippen LogP contribution < -0.4 is 16.4 Å². The number of ether oxygens (including phenoxy) is 1. The van der Waals surface area contributed by atoms with Crippen LogP contribution in [-0.4, -0.2) is 38.8 Å². The molecule has 0 saturated carbocycles. The van der Waals surface area contributed by atoms with E-state index in [1.807, 2.05) is 24.3 Å². The van der Waals surface area contributed by atoms with Crippen LogP contribution in [0.1, 0.15) is 25.0 Å². The number of amidine groups is 1. The van der Waals surface area contributed by atoms with Gasteiger partial charge in [0.15, 0.2) is 5.84 Å². The van der Waals surface area contributed by atoms with E-state index in [0.29, 0.717) is 52.7 Å². The predicted octanol–water partition coefficient (Wildman–Crippen LogP) is 3.65. The number of nitrogens with two attached hydrogens (primary N) is 2. The number of hydrazone groups is 1. The van der Waals surface area contributed by atoms with Crippen molar-refractivity contribution in [1.82, 2.24) is 19.8 Å². The fourth-order valence-corrected chi connectivity index (χ4v) is 3.58. The standard InChI is InChI=1S/C21H25Cl2N7O/c1-14(2)11-29(25)21(28-24)16-8-18(23)10-19(9-16)31-6-5-15-7-17(22)3-4-20(15)30-13-26-12-27-30/h3-4,7-10,12-14H,5-6,11,24-25H2,1-2H3/b28-21-. The molecule has 31 heavy (non-hydrogen) atoms. The molecule has 1 heterocycles. The van der Waals surface area contributed by atoms with Gasteiger partial charge in [-0.3, -0.25) is 5.01 Å². The number of hydrogen-bond acceptors (Lipinski definition) is 6. The Morgan fingerprint density at radius 1 is 1.19 bits per heavy atom. The second-order valence-electron chi connectivity index (χ2n) is 7.39. The minimum absolute atomic E-state index is 0.341. The highest BCUT2D eigenvalue weighted by Crippen LogP contribution is 2.24. The van der Waals surface area contributed by atoms with E-state index in [2.05, 4.69) is 29.0 Å². The summed E-state index contributed by atoms with van der Waals surface area (Å²) in [6.45, 7) is 5.11. The Kier molecular flexibility index (Phi) is 7.73. The average molecular weight is 462 g/mol. The molecule has 0 radical (unpaired) electrons. The fraction of sp³-hybridized carbons (Fsp3) is 0.286. The summed E-state index contributed by atoms with van der Waals surface area (Å²) in [5.74, 6) is 13.1. The second-order valence-corrected chi connectivity index (χ2v) is 8.26. The molecule has 2 aromatic carbocycles. The van der Waals surface area contributed by atoms with Crippen molar-refractivity contribution >= 4 is 29.0 Å². The summed E-state index contributed by atoms with van der Waals surface area (Å²) >= 11 is 12.5. The Morgan fingerprint density at radius 3 is 2.68 bits per heavy atom. The normalized spacial score (nSPS) is 11.7. The molecule has 0 spiro atoms. The summed E-state index contributed by atoms with van der Waals surface area (Å²) < 4.78 is 7.66. The van der Waals surface area contributed by atoms with Crippen molar-refractivity contribution in [3.63, 3.8) is 0 Å². The van der Waals surface area contributed by atoms with Gasteiger partial charge in [0.25, 0.3) is 0 Å². The summed E-state index contributed by atoms with van der Waals surface area (Å²) in [6, 6.07) is 10.9. The van der Waals surface area contributed by atoms with E-state index in [1.54, 1.807) is 23.1 Å². The third-order valence-corrected chi connectivity index (χ3v) is 4.89. The number of hydrogen-bond donors (Lipinski definition) is 2. The van der Waals surface area contributed by atoms with Crippen LogP contribution in [0.25, 0.3) is 5.69 Å². The molecule has 0 unspecified atom stereocenters. The van der Waals surface area contributed by atoms with E-state index < -0.39 is 0 Å². The topological polar surface area (TPSA) is 108 Å². The molecular formula is C21H25Cl2N7O. The first-order chi connectivity index (χ1) is 14.9. The van der Waals surface area contributed by atoms with Crippen molar-refractivity contribution in [2.75, 3.05) is 13.2 Å². The Bertz CT molecular complexity index is 1040. The predicted molar refractivity (Wildman–Crippen MR) is 123 cm³/mol. The Balaban J connectivity index is 1.74. The molecule has 0 bridgehead atoms. The first-order valence-electron chi connectivity index (χ1n) is 9.74. The first-order valence-corrected chi connectivity index (χ1v) is 10.5. The molecule has 1 aromatic heterocycles.